The predicted molar refractivity (Wildman–Crippen MR) is 76.6 cm³/mol. The predicted octanol–water partition coefficient (Wildman–Crippen LogP) is 1.39. The van der Waals surface area contributed by atoms with Crippen LogP contribution in [0, 0.1) is 0 Å². The standard InChI is InChI=1S/C13H17ClN2O3S/c1-8-4-9-5-11(6-12(14)13(9)19-8)20(17,18)16-3-2-10(15)7-16/h5-6,8,10H,2-4,7,15H2,1H3/t8-,10-/m0/s1. The normalized spacial score (nSPS) is 26.6. The Bertz CT molecular complexity index is 647. The molecule has 5 nitrogen and oxygen atoms in total. The van der Waals surface area contributed by atoms with Crippen LogP contribution >= 0.6 is 11.6 Å². The highest BCUT2D eigenvalue weighted by molar-refractivity contribution is 7.89. The summed E-state index contributed by atoms with van der Waals surface area (Å²) in [5.41, 5.74) is 6.64. The van der Waals surface area contributed by atoms with Gasteiger partial charge in [-0.05, 0) is 25.5 Å². The van der Waals surface area contributed by atoms with Crippen molar-refractivity contribution in [2.45, 2.75) is 36.8 Å². The van der Waals surface area contributed by atoms with Gasteiger partial charge in [0.25, 0.3) is 0 Å². The molecule has 3 rings (SSSR count). The Hall–Kier alpha value is -0.820. The Morgan fingerprint density at radius 2 is 2.20 bits per heavy atom. The highest BCUT2D eigenvalue weighted by atomic mass is 35.5. The maximum absolute atomic E-state index is 12.6. The molecule has 2 atom stereocenters. The number of rotatable bonds is 2. The molecule has 1 aromatic rings. The number of ether oxygens (including phenoxy) is 1. The first kappa shape index (κ1) is 14.1. The lowest BCUT2D eigenvalue weighted by molar-refractivity contribution is 0.255. The molecule has 1 aromatic carbocycles. The van der Waals surface area contributed by atoms with Gasteiger partial charge in [-0.1, -0.05) is 11.6 Å². The molecule has 0 radical (unpaired) electrons. The van der Waals surface area contributed by atoms with Crippen molar-refractivity contribution in [2.24, 2.45) is 5.73 Å². The van der Waals surface area contributed by atoms with Gasteiger partial charge in [0.1, 0.15) is 11.9 Å². The molecule has 2 aliphatic heterocycles. The molecule has 0 spiro atoms. The smallest absolute Gasteiger partial charge is 0.243 e. The molecule has 7 heteroatoms. The van der Waals surface area contributed by atoms with E-state index < -0.39 is 10.0 Å². The summed E-state index contributed by atoms with van der Waals surface area (Å²) >= 11 is 6.15. The lowest BCUT2D eigenvalue weighted by Gasteiger charge is -2.17. The number of fused-ring (bicyclic) bond motifs is 1. The van der Waals surface area contributed by atoms with E-state index in [0.717, 1.165) is 5.56 Å². The van der Waals surface area contributed by atoms with E-state index in [-0.39, 0.29) is 17.0 Å². The first-order valence-corrected chi connectivity index (χ1v) is 8.44. The fourth-order valence-electron chi connectivity index (χ4n) is 2.73. The molecule has 0 unspecified atom stereocenters. The molecule has 1 saturated heterocycles. The first-order chi connectivity index (χ1) is 9.38. The van der Waals surface area contributed by atoms with E-state index >= 15 is 0 Å². The van der Waals surface area contributed by atoms with Gasteiger partial charge < -0.3 is 10.5 Å². The molecule has 1 fully saturated rings. The zero-order valence-corrected chi connectivity index (χ0v) is 12.7. The highest BCUT2D eigenvalue weighted by Gasteiger charge is 2.33. The summed E-state index contributed by atoms with van der Waals surface area (Å²) < 4.78 is 32.2. The minimum Gasteiger partial charge on any atom is -0.489 e. The second kappa shape index (κ2) is 4.87. The van der Waals surface area contributed by atoms with E-state index in [9.17, 15) is 8.42 Å². The Labute approximate surface area is 123 Å². The fraction of sp³-hybridized carbons (Fsp3) is 0.538. The van der Waals surface area contributed by atoms with Crippen molar-refractivity contribution < 1.29 is 13.2 Å². The third-order valence-electron chi connectivity index (χ3n) is 3.75. The van der Waals surface area contributed by atoms with Gasteiger partial charge >= 0.3 is 0 Å². The highest BCUT2D eigenvalue weighted by Crippen LogP contribution is 2.38. The molecule has 0 bridgehead atoms. The van der Waals surface area contributed by atoms with Crippen LogP contribution in [0.1, 0.15) is 18.9 Å². The summed E-state index contributed by atoms with van der Waals surface area (Å²) in [5.74, 6) is 0.608. The minimum atomic E-state index is -3.52. The molecular formula is C13H17ClN2O3S. The molecule has 110 valence electrons. The number of benzene rings is 1. The van der Waals surface area contributed by atoms with Crippen molar-refractivity contribution in [1.82, 2.24) is 4.31 Å². The average molecular weight is 317 g/mol. The molecule has 0 amide bonds. The van der Waals surface area contributed by atoms with Crippen LogP contribution < -0.4 is 10.5 Å². The van der Waals surface area contributed by atoms with Gasteiger partial charge in [-0.25, -0.2) is 8.42 Å². The second-order valence-corrected chi connectivity index (χ2v) is 7.78. The molecule has 0 saturated carbocycles. The van der Waals surface area contributed by atoms with Crippen molar-refractivity contribution in [1.29, 1.82) is 0 Å². The topological polar surface area (TPSA) is 72.6 Å². The third-order valence-corrected chi connectivity index (χ3v) is 5.87. The van der Waals surface area contributed by atoms with Crippen LogP contribution in [-0.2, 0) is 16.4 Å². The summed E-state index contributed by atoms with van der Waals surface area (Å²) in [5, 5.41) is 0.355. The van der Waals surface area contributed by atoms with Crippen molar-refractivity contribution in [3.63, 3.8) is 0 Å². The van der Waals surface area contributed by atoms with Crippen LogP contribution in [0.3, 0.4) is 0 Å². The van der Waals surface area contributed by atoms with E-state index in [1.807, 2.05) is 6.92 Å². The quantitative estimate of drug-likeness (QED) is 0.895. The Kier molecular flexibility index (Phi) is 3.44. The van der Waals surface area contributed by atoms with Gasteiger partial charge in [0, 0.05) is 31.1 Å². The van der Waals surface area contributed by atoms with Crippen molar-refractivity contribution in [3.8, 4) is 5.75 Å². The number of hydrogen-bond donors (Lipinski definition) is 1. The van der Waals surface area contributed by atoms with E-state index in [0.29, 0.717) is 36.7 Å². The van der Waals surface area contributed by atoms with Crippen LogP contribution in [0.15, 0.2) is 17.0 Å². The van der Waals surface area contributed by atoms with Gasteiger partial charge in [-0.15, -0.1) is 0 Å². The van der Waals surface area contributed by atoms with Crippen molar-refractivity contribution in [2.75, 3.05) is 13.1 Å². The Balaban J connectivity index is 1.99. The zero-order chi connectivity index (χ0) is 14.5. The van der Waals surface area contributed by atoms with Gasteiger partial charge in [0.2, 0.25) is 10.0 Å². The van der Waals surface area contributed by atoms with E-state index in [2.05, 4.69) is 0 Å². The van der Waals surface area contributed by atoms with E-state index in [1.165, 1.54) is 10.4 Å². The number of halogens is 1. The van der Waals surface area contributed by atoms with Crippen LogP contribution in [-0.4, -0.2) is 38.0 Å². The fourth-order valence-corrected chi connectivity index (χ4v) is 4.67. The van der Waals surface area contributed by atoms with Gasteiger partial charge in [-0.2, -0.15) is 4.31 Å². The average Bonchev–Trinajstić information content (AvgIpc) is 2.95. The van der Waals surface area contributed by atoms with Crippen LogP contribution in [0.5, 0.6) is 5.75 Å². The van der Waals surface area contributed by atoms with Crippen molar-refractivity contribution >= 4 is 21.6 Å². The van der Waals surface area contributed by atoms with Crippen LogP contribution in [0.2, 0.25) is 5.02 Å². The summed E-state index contributed by atoms with van der Waals surface area (Å²) in [6.07, 6.45) is 1.40. The summed E-state index contributed by atoms with van der Waals surface area (Å²) in [6.45, 7) is 2.76. The first-order valence-electron chi connectivity index (χ1n) is 6.62. The minimum absolute atomic E-state index is 0.0284. The molecule has 2 N–H and O–H groups in total. The van der Waals surface area contributed by atoms with Crippen LogP contribution in [0.4, 0.5) is 0 Å². The van der Waals surface area contributed by atoms with Gasteiger partial charge in [0.05, 0.1) is 9.92 Å². The molecule has 2 heterocycles. The van der Waals surface area contributed by atoms with Crippen molar-refractivity contribution in [3.05, 3.63) is 22.7 Å². The summed E-state index contributed by atoms with van der Waals surface area (Å²) in [7, 11) is -3.52. The number of sulfonamides is 1. The largest absolute Gasteiger partial charge is 0.489 e. The van der Waals surface area contributed by atoms with Gasteiger partial charge in [0.15, 0.2) is 0 Å². The molecule has 2 aliphatic rings. The second-order valence-electron chi connectivity index (χ2n) is 5.44. The van der Waals surface area contributed by atoms with Crippen LogP contribution in [0.25, 0.3) is 0 Å². The zero-order valence-electron chi connectivity index (χ0n) is 11.2. The summed E-state index contributed by atoms with van der Waals surface area (Å²) in [4.78, 5) is 0.230. The maximum Gasteiger partial charge on any atom is 0.243 e. The molecule has 0 aromatic heterocycles. The van der Waals surface area contributed by atoms with E-state index in [1.54, 1.807) is 6.07 Å². The third kappa shape index (κ3) is 2.30. The van der Waals surface area contributed by atoms with Gasteiger partial charge in [-0.3, -0.25) is 0 Å². The molecule has 20 heavy (non-hydrogen) atoms. The summed E-state index contributed by atoms with van der Waals surface area (Å²) in [6, 6.07) is 3.06. The molecule has 0 aliphatic carbocycles. The Morgan fingerprint density at radius 3 is 2.85 bits per heavy atom. The molecular weight excluding hydrogens is 300 g/mol. The lowest BCUT2D eigenvalue weighted by atomic mass is 10.1. The number of nitrogens with two attached hydrogens (primary N) is 1. The number of hydrogen-bond acceptors (Lipinski definition) is 4. The lowest BCUT2D eigenvalue weighted by Crippen LogP contribution is -2.32. The Morgan fingerprint density at radius 1 is 1.45 bits per heavy atom. The number of nitrogens with zero attached hydrogens (tertiary/aromatic N) is 1. The maximum atomic E-state index is 12.6. The monoisotopic (exact) mass is 316 g/mol. The SMILES string of the molecule is C[C@H]1Cc2cc(S(=O)(=O)N3CC[C@H](N)C3)cc(Cl)c2O1. The van der Waals surface area contributed by atoms with E-state index in [4.69, 9.17) is 22.1 Å².